The summed E-state index contributed by atoms with van der Waals surface area (Å²) < 4.78 is 0. The lowest BCUT2D eigenvalue weighted by Crippen LogP contribution is -2.24. The number of nitrogens with zero attached hydrogens (tertiary/aromatic N) is 2. The molecule has 0 saturated heterocycles. The minimum absolute atomic E-state index is 0.140. The molecule has 0 aliphatic rings. The minimum atomic E-state index is 0.140. The van der Waals surface area contributed by atoms with Gasteiger partial charge in [0, 0.05) is 6.20 Å². The van der Waals surface area contributed by atoms with Crippen molar-refractivity contribution in [3.63, 3.8) is 0 Å². The van der Waals surface area contributed by atoms with E-state index in [0.29, 0.717) is 0 Å². The molecular weight excluding hydrogens is 162 g/mol. The van der Waals surface area contributed by atoms with Crippen LogP contribution in [-0.2, 0) is 0 Å². The van der Waals surface area contributed by atoms with Crippen molar-refractivity contribution in [2.24, 2.45) is 10.8 Å². The highest BCUT2D eigenvalue weighted by Gasteiger charge is 1.85. The number of thiocarbonyl (C=S) groups is 1. The number of nitrogens with two attached hydrogens (primary N) is 1. The Balaban J connectivity index is 2.43. The van der Waals surface area contributed by atoms with Gasteiger partial charge in [0.1, 0.15) is 0 Å². The summed E-state index contributed by atoms with van der Waals surface area (Å²) in [4.78, 5) is 0. The Morgan fingerprint density at radius 3 is 3.27 bits per heavy atom. The van der Waals surface area contributed by atoms with Crippen LogP contribution < -0.4 is 11.2 Å². The van der Waals surface area contributed by atoms with Gasteiger partial charge in [-0.25, -0.2) is 0 Å². The van der Waals surface area contributed by atoms with Crippen LogP contribution in [0, 0.1) is 0 Å². The molecule has 1 aromatic rings. The minimum Gasteiger partial charge on any atom is -0.375 e. The molecule has 0 unspecified atom stereocenters. The standard InChI is InChI=1S/C5H7N5S/c6-5(11)10-8-3-4-1-2-7-9-4/h1-3H,(H,7,9)(H3,6,10,11). The Kier molecular flexibility index (Phi) is 2.56. The van der Waals surface area contributed by atoms with Crippen molar-refractivity contribution >= 4 is 23.5 Å². The van der Waals surface area contributed by atoms with Crippen molar-refractivity contribution in [2.75, 3.05) is 0 Å². The Morgan fingerprint density at radius 2 is 2.73 bits per heavy atom. The molecule has 0 atom stereocenters. The fourth-order valence-corrected chi connectivity index (χ4v) is 0.557. The first-order valence-electron chi connectivity index (χ1n) is 2.87. The molecule has 0 saturated carbocycles. The molecule has 6 heteroatoms. The van der Waals surface area contributed by atoms with Crippen molar-refractivity contribution in [1.82, 2.24) is 15.6 Å². The summed E-state index contributed by atoms with van der Waals surface area (Å²) in [7, 11) is 0. The number of aromatic nitrogens is 2. The van der Waals surface area contributed by atoms with Gasteiger partial charge in [-0.1, -0.05) is 0 Å². The molecule has 11 heavy (non-hydrogen) atoms. The number of nitrogens with one attached hydrogen (secondary N) is 2. The molecule has 1 rings (SSSR count). The summed E-state index contributed by atoms with van der Waals surface area (Å²) >= 11 is 4.52. The summed E-state index contributed by atoms with van der Waals surface area (Å²) in [5.41, 5.74) is 8.31. The lowest BCUT2D eigenvalue weighted by molar-refractivity contribution is 1.03. The van der Waals surface area contributed by atoms with Crippen LogP contribution in [-0.4, -0.2) is 21.5 Å². The van der Waals surface area contributed by atoms with Crippen LogP contribution in [0.15, 0.2) is 17.4 Å². The van der Waals surface area contributed by atoms with Gasteiger partial charge in [-0.05, 0) is 18.3 Å². The molecule has 0 bridgehead atoms. The zero-order chi connectivity index (χ0) is 8.10. The van der Waals surface area contributed by atoms with Gasteiger partial charge in [-0.3, -0.25) is 10.5 Å². The number of H-pyrrole nitrogens is 1. The van der Waals surface area contributed by atoms with E-state index >= 15 is 0 Å². The maximum atomic E-state index is 5.11. The molecule has 1 aromatic heterocycles. The van der Waals surface area contributed by atoms with Crippen LogP contribution in [0.2, 0.25) is 0 Å². The van der Waals surface area contributed by atoms with Crippen molar-refractivity contribution in [2.45, 2.75) is 0 Å². The number of rotatable bonds is 2. The van der Waals surface area contributed by atoms with Gasteiger partial charge >= 0.3 is 0 Å². The third-order valence-electron chi connectivity index (χ3n) is 0.901. The average Bonchev–Trinajstić information content (AvgIpc) is 2.39. The molecular formula is C5H7N5S. The normalized spacial score (nSPS) is 10.2. The van der Waals surface area contributed by atoms with Crippen LogP contribution in [0.1, 0.15) is 5.69 Å². The highest BCUT2D eigenvalue weighted by molar-refractivity contribution is 7.80. The Morgan fingerprint density at radius 1 is 1.91 bits per heavy atom. The SMILES string of the molecule is NC(=S)NN=Cc1ccn[nH]1. The van der Waals surface area contributed by atoms with Gasteiger partial charge in [0.25, 0.3) is 0 Å². The van der Waals surface area contributed by atoms with E-state index in [2.05, 4.69) is 32.9 Å². The first kappa shape index (κ1) is 7.67. The lowest BCUT2D eigenvalue weighted by Gasteiger charge is -1.91. The number of aromatic amines is 1. The predicted octanol–water partition coefficient (Wildman–Crippen LogP) is -0.423. The maximum absolute atomic E-state index is 5.11. The topological polar surface area (TPSA) is 79.1 Å². The maximum Gasteiger partial charge on any atom is 0.184 e. The molecule has 0 amide bonds. The smallest absolute Gasteiger partial charge is 0.184 e. The quantitative estimate of drug-likeness (QED) is 0.319. The van der Waals surface area contributed by atoms with E-state index in [0.717, 1.165) is 5.69 Å². The fourth-order valence-electron chi connectivity index (χ4n) is 0.504. The van der Waals surface area contributed by atoms with Crippen LogP contribution >= 0.6 is 12.2 Å². The van der Waals surface area contributed by atoms with Gasteiger partial charge in [0.2, 0.25) is 0 Å². The van der Waals surface area contributed by atoms with Gasteiger partial charge in [0.15, 0.2) is 5.11 Å². The molecule has 4 N–H and O–H groups in total. The molecule has 0 spiro atoms. The second kappa shape index (κ2) is 3.67. The van der Waals surface area contributed by atoms with Crippen molar-refractivity contribution < 1.29 is 0 Å². The van der Waals surface area contributed by atoms with E-state index in [1.54, 1.807) is 12.3 Å². The van der Waals surface area contributed by atoms with Crippen molar-refractivity contribution in [3.8, 4) is 0 Å². The average molecular weight is 169 g/mol. The van der Waals surface area contributed by atoms with E-state index in [9.17, 15) is 0 Å². The van der Waals surface area contributed by atoms with Gasteiger partial charge in [-0.15, -0.1) is 0 Å². The summed E-state index contributed by atoms with van der Waals surface area (Å²) in [5, 5.41) is 10.2. The van der Waals surface area contributed by atoms with Gasteiger partial charge in [0.05, 0.1) is 11.9 Å². The van der Waals surface area contributed by atoms with E-state index < -0.39 is 0 Å². The lowest BCUT2D eigenvalue weighted by atomic mass is 10.5. The second-order valence-electron chi connectivity index (χ2n) is 1.75. The first-order valence-corrected chi connectivity index (χ1v) is 3.28. The number of hydrogen-bond donors (Lipinski definition) is 3. The van der Waals surface area contributed by atoms with Crippen LogP contribution in [0.5, 0.6) is 0 Å². The zero-order valence-electron chi connectivity index (χ0n) is 5.61. The summed E-state index contributed by atoms with van der Waals surface area (Å²) in [6.07, 6.45) is 3.16. The molecule has 58 valence electrons. The van der Waals surface area contributed by atoms with Crippen LogP contribution in [0.3, 0.4) is 0 Å². The predicted molar refractivity (Wildman–Crippen MR) is 46.1 cm³/mol. The monoisotopic (exact) mass is 169 g/mol. The Bertz CT molecular complexity index is 252. The number of hydrazone groups is 1. The third kappa shape index (κ3) is 2.76. The fraction of sp³-hybridized carbons (Fsp3) is 0. The molecule has 0 aliphatic carbocycles. The summed E-state index contributed by atoms with van der Waals surface area (Å²) in [6.45, 7) is 0. The second-order valence-corrected chi connectivity index (χ2v) is 2.19. The number of hydrogen-bond acceptors (Lipinski definition) is 3. The zero-order valence-corrected chi connectivity index (χ0v) is 6.43. The van der Waals surface area contributed by atoms with Crippen molar-refractivity contribution in [1.29, 1.82) is 0 Å². The third-order valence-corrected chi connectivity index (χ3v) is 0.992. The van der Waals surface area contributed by atoms with E-state index in [1.807, 2.05) is 0 Å². The molecule has 0 radical (unpaired) electrons. The largest absolute Gasteiger partial charge is 0.375 e. The highest BCUT2D eigenvalue weighted by Crippen LogP contribution is 1.83. The van der Waals surface area contributed by atoms with Gasteiger partial charge in [-0.2, -0.15) is 10.2 Å². The van der Waals surface area contributed by atoms with Crippen LogP contribution in [0.25, 0.3) is 0 Å². The first-order chi connectivity index (χ1) is 5.29. The van der Waals surface area contributed by atoms with E-state index in [1.165, 1.54) is 6.21 Å². The van der Waals surface area contributed by atoms with Crippen LogP contribution in [0.4, 0.5) is 0 Å². The Labute approximate surface area is 68.7 Å². The summed E-state index contributed by atoms with van der Waals surface area (Å²) in [5.74, 6) is 0. The summed E-state index contributed by atoms with van der Waals surface area (Å²) in [6, 6.07) is 1.77. The molecule has 0 fully saturated rings. The molecule has 1 heterocycles. The molecule has 5 nitrogen and oxygen atoms in total. The van der Waals surface area contributed by atoms with E-state index in [-0.39, 0.29) is 5.11 Å². The van der Waals surface area contributed by atoms with E-state index in [4.69, 9.17) is 5.73 Å². The molecule has 0 aliphatic heterocycles. The van der Waals surface area contributed by atoms with Gasteiger partial charge < -0.3 is 5.73 Å². The Hall–Kier alpha value is -1.43. The highest BCUT2D eigenvalue weighted by atomic mass is 32.1. The van der Waals surface area contributed by atoms with Crippen molar-refractivity contribution in [3.05, 3.63) is 18.0 Å². The molecule has 0 aromatic carbocycles.